The van der Waals surface area contributed by atoms with Crippen LogP contribution < -0.4 is 0 Å². The van der Waals surface area contributed by atoms with Gasteiger partial charge in [0.25, 0.3) is 0 Å². The molecule has 1 aromatic carbocycles. The van der Waals surface area contributed by atoms with Gasteiger partial charge < -0.3 is 5.11 Å². The standard InChI is InChI=1S/C20H28O2S2/c21-20(22)11-7-2-1-6-10-18-15-24-16-19(18)12-13-23-14-17-8-4-3-5-9-17/h3-5,7-9,11,18-19H,1-2,6,10,12-16H2,(H,21,22)/b11-7+. The number of thioether (sulfide) groups is 2. The molecule has 2 rings (SSSR count). The van der Waals surface area contributed by atoms with Crippen LogP contribution in [0.5, 0.6) is 0 Å². The Labute approximate surface area is 154 Å². The summed E-state index contributed by atoms with van der Waals surface area (Å²) >= 11 is 4.17. The Kier molecular flexibility index (Phi) is 9.44. The van der Waals surface area contributed by atoms with E-state index in [1.54, 1.807) is 6.08 Å². The fraction of sp³-hybridized carbons (Fsp3) is 0.550. The Balaban J connectivity index is 1.56. The van der Waals surface area contributed by atoms with Crippen molar-refractivity contribution in [2.75, 3.05) is 17.3 Å². The van der Waals surface area contributed by atoms with Crippen molar-refractivity contribution in [2.45, 2.75) is 37.9 Å². The number of hydrogen-bond acceptors (Lipinski definition) is 3. The van der Waals surface area contributed by atoms with E-state index in [0.717, 1.165) is 30.4 Å². The normalized spacial score (nSPS) is 20.7. The smallest absolute Gasteiger partial charge is 0.327 e. The van der Waals surface area contributed by atoms with Gasteiger partial charge in [-0.2, -0.15) is 23.5 Å². The van der Waals surface area contributed by atoms with Crippen molar-refractivity contribution in [3.63, 3.8) is 0 Å². The lowest BCUT2D eigenvalue weighted by molar-refractivity contribution is -0.131. The maximum atomic E-state index is 10.4. The first kappa shape index (κ1) is 19.5. The van der Waals surface area contributed by atoms with Gasteiger partial charge in [0.05, 0.1) is 0 Å². The van der Waals surface area contributed by atoms with Crippen LogP contribution in [0.1, 0.15) is 37.7 Å². The van der Waals surface area contributed by atoms with Crippen LogP contribution in [-0.2, 0) is 10.5 Å². The maximum Gasteiger partial charge on any atom is 0.327 e. The predicted molar refractivity (Wildman–Crippen MR) is 107 cm³/mol. The van der Waals surface area contributed by atoms with Crippen molar-refractivity contribution < 1.29 is 9.90 Å². The van der Waals surface area contributed by atoms with Gasteiger partial charge in [-0.1, -0.05) is 42.8 Å². The Hall–Kier alpha value is -0.870. The van der Waals surface area contributed by atoms with Gasteiger partial charge in [-0.15, -0.1) is 0 Å². The average molecular weight is 365 g/mol. The molecule has 0 aromatic heterocycles. The van der Waals surface area contributed by atoms with E-state index < -0.39 is 5.97 Å². The molecule has 4 heteroatoms. The molecule has 1 aromatic rings. The lowest BCUT2D eigenvalue weighted by atomic mass is 9.89. The third-order valence-electron chi connectivity index (χ3n) is 4.53. The van der Waals surface area contributed by atoms with Gasteiger partial charge in [0.2, 0.25) is 0 Å². The summed E-state index contributed by atoms with van der Waals surface area (Å²) in [5.74, 6) is 5.95. The third kappa shape index (κ3) is 7.80. The van der Waals surface area contributed by atoms with Crippen molar-refractivity contribution in [2.24, 2.45) is 11.8 Å². The highest BCUT2D eigenvalue weighted by molar-refractivity contribution is 7.99. The molecule has 1 N–H and O–H groups in total. The average Bonchev–Trinajstić information content (AvgIpc) is 3.03. The highest BCUT2D eigenvalue weighted by Crippen LogP contribution is 2.36. The topological polar surface area (TPSA) is 37.3 Å². The summed E-state index contributed by atoms with van der Waals surface area (Å²) in [6.45, 7) is 0. The number of rotatable bonds is 11. The van der Waals surface area contributed by atoms with E-state index in [1.165, 1.54) is 48.2 Å². The van der Waals surface area contributed by atoms with Gasteiger partial charge in [-0.3, -0.25) is 0 Å². The first-order valence-corrected chi connectivity index (χ1v) is 11.2. The number of carboxylic acid groups (broad SMARTS) is 1. The van der Waals surface area contributed by atoms with E-state index in [4.69, 9.17) is 5.11 Å². The van der Waals surface area contributed by atoms with Crippen LogP contribution in [0.15, 0.2) is 42.5 Å². The zero-order chi connectivity index (χ0) is 17.0. The van der Waals surface area contributed by atoms with Gasteiger partial charge in [0.15, 0.2) is 0 Å². The van der Waals surface area contributed by atoms with Crippen LogP contribution in [0.25, 0.3) is 0 Å². The molecule has 132 valence electrons. The molecule has 2 atom stereocenters. The summed E-state index contributed by atoms with van der Waals surface area (Å²) < 4.78 is 0. The van der Waals surface area contributed by atoms with Gasteiger partial charge in [-0.25, -0.2) is 4.79 Å². The lowest BCUT2D eigenvalue weighted by Gasteiger charge is -2.18. The zero-order valence-corrected chi connectivity index (χ0v) is 15.9. The Bertz CT molecular complexity index is 502. The molecule has 0 spiro atoms. The summed E-state index contributed by atoms with van der Waals surface area (Å²) in [5.41, 5.74) is 1.43. The monoisotopic (exact) mass is 364 g/mol. The number of allylic oxidation sites excluding steroid dienone is 1. The molecule has 1 aliphatic rings. The molecular formula is C20H28O2S2. The first-order valence-electron chi connectivity index (χ1n) is 8.84. The molecule has 1 saturated heterocycles. The SMILES string of the molecule is O=C(O)/C=C/CCCCC1CSCC1CCSCc1ccccc1. The Morgan fingerprint density at radius 3 is 2.67 bits per heavy atom. The van der Waals surface area contributed by atoms with Gasteiger partial charge >= 0.3 is 5.97 Å². The van der Waals surface area contributed by atoms with Crippen LogP contribution in [0.3, 0.4) is 0 Å². The fourth-order valence-electron chi connectivity index (χ4n) is 3.13. The molecule has 1 heterocycles. The number of carboxylic acids is 1. The number of unbranched alkanes of at least 4 members (excludes halogenated alkanes) is 2. The predicted octanol–water partition coefficient (Wildman–Crippen LogP) is 5.49. The van der Waals surface area contributed by atoms with E-state index in [-0.39, 0.29) is 0 Å². The van der Waals surface area contributed by atoms with Crippen molar-refractivity contribution >= 4 is 29.5 Å². The lowest BCUT2D eigenvalue weighted by Crippen LogP contribution is -2.13. The number of benzene rings is 1. The highest BCUT2D eigenvalue weighted by atomic mass is 32.2. The van der Waals surface area contributed by atoms with Gasteiger partial charge in [0, 0.05) is 11.8 Å². The molecule has 0 amide bonds. The van der Waals surface area contributed by atoms with Crippen molar-refractivity contribution in [1.82, 2.24) is 0 Å². The summed E-state index contributed by atoms with van der Waals surface area (Å²) in [7, 11) is 0. The molecule has 2 unspecified atom stereocenters. The summed E-state index contributed by atoms with van der Waals surface area (Å²) in [6.07, 6.45) is 8.92. The van der Waals surface area contributed by atoms with E-state index >= 15 is 0 Å². The minimum absolute atomic E-state index is 0.838. The largest absolute Gasteiger partial charge is 0.478 e. The van der Waals surface area contributed by atoms with E-state index in [1.807, 2.05) is 0 Å². The van der Waals surface area contributed by atoms with Crippen molar-refractivity contribution in [1.29, 1.82) is 0 Å². The second-order valence-electron chi connectivity index (χ2n) is 6.41. The molecule has 1 fully saturated rings. The van der Waals surface area contributed by atoms with Crippen molar-refractivity contribution in [3.05, 3.63) is 48.0 Å². The van der Waals surface area contributed by atoms with Gasteiger partial charge in [-0.05, 0) is 60.3 Å². The summed E-state index contributed by atoms with van der Waals surface area (Å²) in [6, 6.07) is 10.7. The number of carbonyl (C=O) groups is 1. The van der Waals surface area contributed by atoms with Crippen LogP contribution in [-0.4, -0.2) is 28.3 Å². The zero-order valence-electron chi connectivity index (χ0n) is 14.2. The molecule has 24 heavy (non-hydrogen) atoms. The minimum atomic E-state index is -0.838. The molecule has 2 nitrogen and oxygen atoms in total. The van der Waals surface area contributed by atoms with Crippen LogP contribution >= 0.6 is 23.5 Å². The number of aliphatic carboxylic acids is 1. The van der Waals surface area contributed by atoms with Crippen LogP contribution in [0.2, 0.25) is 0 Å². The fourth-order valence-corrected chi connectivity index (χ4v) is 5.79. The van der Waals surface area contributed by atoms with Crippen molar-refractivity contribution in [3.8, 4) is 0 Å². The van der Waals surface area contributed by atoms with E-state index in [2.05, 4.69) is 53.9 Å². The summed E-state index contributed by atoms with van der Waals surface area (Å²) in [5, 5.41) is 8.56. The molecular weight excluding hydrogens is 336 g/mol. The molecule has 0 saturated carbocycles. The van der Waals surface area contributed by atoms with E-state index in [9.17, 15) is 4.79 Å². The number of hydrogen-bond donors (Lipinski definition) is 1. The van der Waals surface area contributed by atoms with E-state index in [0.29, 0.717) is 0 Å². The van der Waals surface area contributed by atoms with Crippen LogP contribution in [0, 0.1) is 11.8 Å². The Morgan fingerprint density at radius 2 is 1.92 bits per heavy atom. The Morgan fingerprint density at radius 1 is 1.17 bits per heavy atom. The van der Waals surface area contributed by atoms with Gasteiger partial charge in [0.1, 0.15) is 0 Å². The maximum absolute atomic E-state index is 10.4. The molecule has 0 aliphatic carbocycles. The second kappa shape index (κ2) is 11.6. The summed E-state index contributed by atoms with van der Waals surface area (Å²) in [4.78, 5) is 10.4. The molecule has 0 bridgehead atoms. The molecule has 1 aliphatic heterocycles. The quantitative estimate of drug-likeness (QED) is 0.416. The third-order valence-corrected chi connectivity index (χ3v) is 6.92. The highest BCUT2D eigenvalue weighted by Gasteiger charge is 2.26. The minimum Gasteiger partial charge on any atom is -0.478 e. The molecule has 0 radical (unpaired) electrons. The first-order chi connectivity index (χ1) is 11.8. The second-order valence-corrected chi connectivity index (χ2v) is 8.59. The van der Waals surface area contributed by atoms with Crippen LogP contribution in [0.4, 0.5) is 0 Å².